The third-order valence-corrected chi connectivity index (χ3v) is 7.62. The van der Waals surface area contributed by atoms with Crippen LogP contribution in [0.2, 0.25) is 0 Å². The fraction of sp³-hybridized carbons (Fsp3) is 0.233. The Balaban J connectivity index is 1.30. The van der Waals surface area contributed by atoms with Gasteiger partial charge < -0.3 is 11.1 Å². The number of hydrogen-bond donors (Lipinski definition) is 2. The van der Waals surface area contributed by atoms with Crippen LogP contribution in [0.5, 0.6) is 0 Å². The molecule has 1 saturated carbocycles. The number of imidazole rings is 1. The molecule has 1 amide bonds. The van der Waals surface area contributed by atoms with Gasteiger partial charge in [-0.1, -0.05) is 6.07 Å². The standard InChI is InChI=1S/C30H27N7O/c1-17-21(4-2-14-32-17)30(38)36-25-11-8-19-16-20(9-10-22(19)25)37-28(23-5-3-15-33-27(23)31)35-26-13-12-24(18-6-7-18)34-29(26)37/h2-5,9-10,12-16,18,25H,6-8,11H2,1H3,(H2,31,33)(H,36,38)/t25-/m0/s1. The molecule has 1 atom stereocenters. The number of nitrogens with zero attached hydrogens (tertiary/aromatic N) is 5. The maximum atomic E-state index is 13.0. The second-order valence-electron chi connectivity index (χ2n) is 10.1. The summed E-state index contributed by atoms with van der Waals surface area (Å²) >= 11 is 0. The maximum Gasteiger partial charge on any atom is 0.253 e. The molecule has 0 spiro atoms. The lowest BCUT2D eigenvalue weighted by Gasteiger charge is -2.16. The third-order valence-electron chi connectivity index (χ3n) is 7.62. The number of aryl methyl sites for hydroxylation is 2. The molecular weight excluding hydrogens is 474 g/mol. The summed E-state index contributed by atoms with van der Waals surface area (Å²) in [6, 6.07) is 17.9. The maximum absolute atomic E-state index is 13.0. The fourth-order valence-electron chi connectivity index (χ4n) is 5.46. The number of anilines is 1. The minimum atomic E-state index is -0.0933. The minimum Gasteiger partial charge on any atom is -0.383 e. The summed E-state index contributed by atoms with van der Waals surface area (Å²) in [7, 11) is 0. The molecule has 5 aromatic rings. The average Bonchev–Trinajstić information content (AvgIpc) is 3.61. The van der Waals surface area contributed by atoms with Crippen LogP contribution in [-0.2, 0) is 6.42 Å². The van der Waals surface area contributed by atoms with Crippen LogP contribution in [0, 0.1) is 6.92 Å². The van der Waals surface area contributed by atoms with Crippen molar-refractivity contribution in [1.29, 1.82) is 0 Å². The average molecular weight is 502 g/mol. The van der Waals surface area contributed by atoms with Crippen LogP contribution in [0.25, 0.3) is 28.2 Å². The van der Waals surface area contributed by atoms with E-state index in [4.69, 9.17) is 15.7 Å². The van der Waals surface area contributed by atoms with E-state index in [9.17, 15) is 4.79 Å². The van der Waals surface area contributed by atoms with Gasteiger partial charge in [0.25, 0.3) is 5.91 Å². The van der Waals surface area contributed by atoms with Crippen LogP contribution in [0.4, 0.5) is 5.82 Å². The van der Waals surface area contributed by atoms with Gasteiger partial charge in [0.1, 0.15) is 11.3 Å². The van der Waals surface area contributed by atoms with Crippen LogP contribution >= 0.6 is 0 Å². The van der Waals surface area contributed by atoms with Crippen molar-refractivity contribution in [1.82, 2.24) is 29.8 Å². The number of pyridine rings is 3. The number of hydrogen-bond acceptors (Lipinski definition) is 6. The summed E-state index contributed by atoms with van der Waals surface area (Å²) in [6.45, 7) is 1.86. The Labute approximate surface area is 220 Å². The van der Waals surface area contributed by atoms with Crippen LogP contribution in [-0.4, -0.2) is 30.4 Å². The molecule has 4 heterocycles. The zero-order valence-electron chi connectivity index (χ0n) is 21.1. The first-order valence-corrected chi connectivity index (χ1v) is 13.0. The van der Waals surface area contributed by atoms with Gasteiger partial charge in [-0.25, -0.2) is 15.0 Å². The zero-order chi connectivity index (χ0) is 25.8. The predicted molar refractivity (Wildman–Crippen MR) is 146 cm³/mol. The number of nitrogen functional groups attached to an aromatic ring is 1. The second-order valence-corrected chi connectivity index (χ2v) is 10.1. The number of fused-ring (bicyclic) bond motifs is 2. The Morgan fingerprint density at radius 2 is 1.84 bits per heavy atom. The molecule has 1 aromatic carbocycles. The molecule has 8 heteroatoms. The first-order valence-electron chi connectivity index (χ1n) is 13.0. The van der Waals surface area contributed by atoms with E-state index in [1.807, 2.05) is 25.1 Å². The Bertz CT molecular complexity index is 1720. The van der Waals surface area contributed by atoms with E-state index in [1.54, 1.807) is 18.5 Å². The van der Waals surface area contributed by atoms with Gasteiger partial charge in [-0.15, -0.1) is 0 Å². The van der Waals surface area contributed by atoms with Crippen molar-refractivity contribution in [3.8, 4) is 17.1 Å². The Hall–Kier alpha value is -4.59. The third kappa shape index (κ3) is 3.80. The molecule has 38 heavy (non-hydrogen) atoms. The molecule has 0 aliphatic heterocycles. The van der Waals surface area contributed by atoms with Gasteiger partial charge in [0.2, 0.25) is 0 Å². The van der Waals surface area contributed by atoms with E-state index in [0.717, 1.165) is 58.0 Å². The van der Waals surface area contributed by atoms with Crippen molar-refractivity contribution < 1.29 is 4.79 Å². The zero-order valence-corrected chi connectivity index (χ0v) is 21.1. The van der Waals surface area contributed by atoms with Crippen LogP contribution in [0.1, 0.15) is 64.1 Å². The van der Waals surface area contributed by atoms with Crippen molar-refractivity contribution in [3.63, 3.8) is 0 Å². The van der Waals surface area contributed by atoms with E-state index in [2.05, 4.69) is 50.2 Å². The fourth-order valence-corrected chi connectivity index (χ4v) is 5.46. The Morgan fingerprint density at radius 1 is 1.00 bits per heavy atom. The monoisotopic (exact) mass is 501 g/mol. The molecule has 0 bridgehead atoms. The first-order chi connectivity index (χ1) is 18.6. The second kappa shape index (κ2) is 8.76. The lowest BCUT2D eigenvalue weighted by atomic mass is 10.1. The van der Waals surface area contributed by atoms with Crippen molar-refractivity contribution in [2.24, 2.45) is 0 Å². The van der Waals surface area contributed by atoms with Crippen molar-refractivity contribution in [2.75, 3.05) is 5.73 Å². The number of nitrogens with one attached hydrogen (secondary N) is 1. The minimum absolute atomic E-state index is 0.0429. The molecule has 0 unspecified atom stereocenters. The molecule has 7 rings (SSSR count). The first kappa shape index (κ1) is 22.6. The van der Waals surface area contributed by atoms with Gasteiger partial charge in [0.15, 0.2) is 11.5 Å². The number of carbonyl (C=O) groups is 1. The molecule has 4 aromatic heterocycles. The number of aromatic nitrogens is 5. The SMILES string of the molecule is Cc1ncccc1C(=O)N[C@H]1CCc2cc(-n3c(-c4cccnc4N)nc4ccc(C5CC5)nc43)ccc21. The molecule has 188 valence electrons. The summed E-state index contributed by atoms with van der Waals surface area (Å²) in [5, 5.41) is 3.21. The molecule has 2 aliphatic carbocycles. The Morgan fingerprint density at radius 3 is 2.66 bits per heavy atom. The van der Waals surface area contributed by atoms with Gasteiger partial charge in [0, 0.05) is 35.4 Å². The number of amides is 1. The number of rotatable bonds is 5. The normalized spacial score (nSPS) is 16.5. The van der Waals surface area contributed by atoms with Gasteiger partial charge in [-0.3, -0.25) is 14.3 Å². The van der Waals surface area contributed by atoms with Gasteiger partial charge >= 0.3 is 0 Å². The van der Waals surface area contributed by atoms with E-state index >= 15 is 0 Å². The number of carbonyl (C=O) groups excluding carboxylic acids is 1. The summed E-state index contributed by atoms with van der Waals surface area (Å²) in [5.74, 6) is 1.59. The Kier molecular flexibility index (Phi) is 5.21. The molecule has 3 N–H and O–H groups in total. The molecule has 0 radical (unpaired) electrons. The van der Waals surface area contributed by atoms with Gasteiger partial charge in [-0.2, -0.15) is 0 Å². The molecular formula is C30H27N7O. The van der Waals surface area contributed by atoms with Crippen molar-refractivity contribution in [2.45, 2.75) is 44.6 Å². The number of benzene rings is 1. The largest absolute Gasteiger partial charge is 0.383 e. The highest BCUT2D eigenvalue weighted by Crippen LogP contribution is 2.41. The topological polar surface area (TPSA) is 112 Å². The van der Waals surface area contributed by atoms with Gasteiger partial charge in [0.05, 0.1) is 17.2 Å². The highest BCUT2D eigenvalue weighted by molar-refractivity contribution is 5.95. The van der Waals surface area contributed by atoms with Crippen molar-refractivity contribution >= 4 is 22.9 Å². The van der Waals surface area contributed by atoms with Crippen LogP contribution in [0.15, 0.2) is 67.0 Å². The molecule has 2 aliphatic rings. The summed E-state index contributed by atoms with van der Waals surface area (Å²) < 4.78 is 2.10. The lowest BCUT2D eigenvalue weighted by molar-refractivity contribution is 0.0935. The molecule has 8 nitrogen and oxygen atoms in total. The van der Waals surface area contributed by atoms with Crippen molar-refractivity contribution in [3.05, 3.63) is 95.1 Å². The van der Waals surface area contributed by atoms with Crippen LogP contribution < -0.4 is 11.1 Å². The highest BCUT2D eigenvalue weighted by Gasteiger charge is 2.28. The lowest BCUT2D eigenvalue weighted by Crippen LogP contribution is -2.27. The predicted octanol–water partition coefficient (Wildman–Crippen LogP) is 5.06. The van der Waals surface area contributed by atoms with Gasteiger partial charge in [-0.05, 0) is 92.3 Å². The van der Waals surface area contributed by atoms with E-state index in [1.165, 1.54) is 18.4 Å². The highest BCUT2D eigenvalue weighted by atomic mass is 16.1. The summed E-state index contributed by atoms with van der Waals surface area (Å²) in [6.07, 6.45) is 7.47. The quantitative estimate of drug-likeness (QED) is 0.348. The number of nitrogens with two attached hydrogens (primary N) is 1. The summed E-state index contributed by atoms with van der Waals surface area (Å²) in [4.78, 5) is 31.5. The van der Waals surface area contributed by atoms with E-state index in [0.29, 0.717) is 17.3 Å². The summed E-state index contributed by atoms with van der Waals surface area (Å²) in [5.41, 5.74) is 14.5. The molecule has 0 saturated heterocycles. The smallest absolute Gasteiger partial charge is 0.253 e. The van der Waals surface area contributed by atoms with E-state index in [-0.39, 0.29) is 11.9 Å². The van der Waals surface area contributed by atoms with E-state index < -0.39 is 0 Å². The van der Waals surface area contributed by atoms with Crippen LogP contribution in [0.3, 0.4) is 0 Å². The molecule has 1 fully saturated rings.